The summed E-state index contributed by atoms with van der Waals surface area (Å²) in [6.07, 6.45) is 1.23. The fourth-order valence-corrected chi connectivity index (χ4v) is 3.13. The lowest BCUT2D eigenvalue weighted by Crippen LogP contribution is -2.09. The fraction of sp³-hybridized carbons (Fsp3) is 0.875. The number of sulfone groups is 1. The molecule has 0 aliphatic heterocycles. The molecule has 0 aliphatic rings. The molecule has 0 aromatic carbocycles. The minimum Gasteiger partial charge on any atom is -0.229 e. The Morgan fingerprint density at radius 3 is 2.69 bits per heavy atom. The van der Waals surface area contributed by atoms with Crippen LogP contribution in [0.5, 0.6) is 0 Å². The van der Waals surface area contributed by atoms with Gasteiger partial charge in [-0.25, -0.2) is 13.1 Å². The van der Waals surface area contributed by atoms with Gasteiger partial charge in [-0.05, 0) is 16.3 Å². The van der Waals surface area contributed by atoms with Gasteiger partial charge in [-0.15, -0.1) is 5.10 Å². The first-order valence-corrected chi connectivity index (χ1v) is 8.00. The quantitative estimate of drug-likeness (QED) is 0.695. The molecule has 6 nitrogen and oxygen atoms in total. The lowest BCUT2D eigenvalue weighted by Gasteiger charge is -2.05. The standard InChI is InChI=1S/C8H16N4O2S2/c1-7(2)6-12-8(9-10-11-12)15-4-5-16(3,13)14/h7H,4-6H2,1-3H3. The molecule has 0 fully saturated rings. The zero-order valence-corrected chi connectivity index (χ0v) is 11.3. The van der Waals surface area contributed by atoms with Gasteiger partial charge in [0.25, 0.3) is 0 Å². The molecule has 0 spiro atoms. The minimum atomic E-state index is -2.91. The summed E-state index contributed by atoms with van der Waals surface area (Å²) < 4.78 is 23.6. The molecule has 0 amide bonds. The molecule has 0 atom stereocenters. The Kier molecular flexibility index (Phi) is 4.72. The summed E-state index contributed by atoms with van der Waals surface area (Å²) in [5, 5.41) is 12.0. The van der Waals surface area contributed by atoms with E-state index in [2.05, 4.69) is 29.4 Å². The first-order valence-electron chi connectivity index (χ1n) is 4.95. The topological polar surface area (TPSA) is 77.7 Å². The summed E-state index contributed by atoms with van der Waals surface area (Å²) in [6.45, 7) is 4.90. The Morgan fingerprint density at radius 1 is 1.44 bits per heavy atom. The van der Waals surface area contributed by atoms with E-state index in [0.29, 0.717) is 16.8 Å². The summed E-state index contributed by atoms with van der Waals surface area (Å²) in [7, 11) is -2.91. The van der Waals surface area contributed by atoms with Gasteiger partial charge >= 0.3 is 0 Å². The van der Waals surface area contributed by atoms with Gasteiger partial charge in [0.05, 0.1) is 5.75 Å². The average molecular weight is 264 g/mol. The van der Waals surface area contributed by atoms with Crippen LogP contribution in [0.25, 0.3) is 0 Å². The molecule has 1 aromatic rings. The predicted molar refractivity (Wildman–Crippen MR) is 63.1 cm³/mol. The molecule has 0 saturated heterocycles. The summed E-state index contributed by atoms with van der Waals surface area (Å²) >= 11 is 1.37. The van der Waals surface area contributed by atoms with Crippen LogP contribution in [-0.2, 0) is 16.4 Å². The van der Waals surface area contributed by atoms with Crippen molar-refractivity contribution in [2.45, 2.75) is 25.5 Å². The van der Waals surface area contributed by atoms with Crippen LogP contribution in [0.15, 0.2) is 5.16 Å². The van der Waals surface area contributed by atoms with Crippen molar-refractivity contribution in [1.29, 1.82) is 0 Å². The van der Waals surface area contributed by atoms with Crippen LogP contribution in [0.4, 0.5) is 0 Å². The molecule has 1 aromatic heterocycles. The lowest BCUT2D eigenvalue weighted by molar-refractivity contribution is 0.446. The van der Waals surface area contributed by atoms with Gasteiger partial charge in [0.1, 0.15) is 9.84 Å². The third kappa shape index (κ3) is 4.93. The Balaban J connectivity index is 2.51. The SMILES string of the molecule is CC(C)Cn1nnnc1SCCS(C)(=O)=O. The molecule has 92 valence electrons. The molecule has 1 heterocycles. The van der Waals surface area contributed by atoms with Crippen molar-refractivity contribution in [3.63, 3.8) is 0 Å². The van der Waals surface area contributed by atoms with E-state index in [-0.39, 0.29) is 5.75 Å². The van der Waals surface area contributed by atoms with E-state index in [1.807, 2.05) is 0 Å². The van der Waals surface area contributed by atoms with Crippen molar-refractivity contribution in [1.82, 2.24) is 20.2 Å². The van der Waals surface area contributed by atoms with Gasteiger partial charge in [0.15, 0.2) is 0 Å². The van der Waals surface area contributed by atoms with Crippen molar-refractivity contribution in [3.05, 3.63) is 0 Å². The van der Waals surface area contributed by atoms with E-state index in [1.165, 1.54) is 18.0 Å². The second kappa shape index (κ2) is 5.62. The number of nitrogens with zero attached hydrogens (tertiary/aromatic N) is 4. The van der Waals surface area contributed by atoms with Gasteiger partial charge in [-0.3, -0.25) is 0 Å². The average Bonchev–Trinajstić information content (AvgIpc) is 2.49. The first-order chi connectivity index (χ1) is 7.38. The van der Waals surface area contributed by atoms with Crippen molar-refractivity contribution < 1.29 is 8.42 Å². The number of rotatable bonds is 6. The van der Waals surface area contributed by atoms with Crippen molar-refractivity contribution >= 4 is 21.6 Å². The molecular weight excluding hydrogens is 248 g/mol. The molecule has 16 heavy (non-hydrogen) atoms. The predicted octanol–water partition coefficient (Wildman–Crippen LogP) is 0.466. The summed E-state index contributed by atoms with van der Waals surface area (Å²) in [5.41, 5.74) is 0. The second-order valence-electron chi connectivity index (χ2n) is 4.02. The third-order valence-corrected chi connectivity index (χ3v) is 3.89. The third-order valence-electron chi connectivity index (χ3n) is 1.72. The molecule has 0 saturated carbocycles. The Hall–Kier alpha value is -0.630. The van der Waals surface area contributed by atoms with Gasteiger partial charge in [0, 0.05) is 18.6 Å². The maximum atomic E-state index is 11.0. The van der Waals surface area contributed by atoms with Gasteiger partial charge < -0.3 is 0 Å². The van der Waals surface area contributed by atoms with Crippen LogP contribution in [0, 0.1) is 5.92 Å². The van der Waals surface area contributed by atoms with Crippen LogP contribution in [-0.4, -0.2) is 46.4 Å². The van der Waals surface area contributed by atoms with Crippen molar-refractivity contribution in [2.24, 2.45) is 5.92 Å². The maximum Gasteiger partial charge on any atom is 0.209 e. The van der Waals surface area contributed by atoms with Crippen LogP contribution >= 0.6 is 11.8 Å². The van der Waals surface area contributed by atoms with Gasteiger partial charge in [0.2, 0.25) is 5.16 Å². The zero-order valence-electron chi connectivity index (χ0n) is 9.62. The minimum absolute atomic E-state index is 0.145. The number of hydrogen-bond acceptors (Lipinski definition) is 6. The molecule has 0 bridgehead atoms. The monoisotopic (exact) mass is 264 g/mol. The highest BCUT2D eigenvalue weighted by Gasteiger charge is 2.09. The van der Waals surface area contributed by atoms with Crippen LogP contribution in [0.2, 0.25) is 0 Å². The number of aromatic nitrogens is 4. The van der Waals surface area contributed by atoms with E-state index in [9.17, 15) is 8.42 Å². The second-order valence-corrected chi connectivity index (χ2v) is 7.34. The van der Waals surface area contributed by atoms with Crippen molar-refractivity contribution in [2.75, 3.05) is 17.8 Å². The normalized spacial score (nSPS) is 12.2. The summed E-state index contributed by atoms with van der Waals surface area (Å²) in [5.74, 6) is 1.08. The fourth-order valence-electron chi connectivity index (χ4n) is 1.04. The van der Waals surface area contributed by atoms with E-state index < -0.39 is 9.84 Å². The molecule has 0 aliphatic carbocycles. The molecular formula is C8H16N4O2S2. The zero-order chi connectivity index (χ0) is 12.2. The lowest BCUT2D eigenvalue weighted by atomic mass is 10.2. The highest BCUT2D eigenvalue weighted by molar-refractivity contribution is 8.00. The van der Waals surface area contributed by atoms with Crippen LogP contribution in [0.1, 0.15) is 13.8 Å². The molecule has 0 unspecified atom stereocenters. The molecule has 0 radical (unpaired) electrons. The van der Waals surface area contributed by atoms with E-state index in [4.69, 9.17) is 0 Å². The number of hydrogen-bond donors (Lipinski definition) is 0. The Morgan fingerprint density at radius 2 is 2.12 bits per heavy atom. The Bertz CT molecular complexity index is 427. The van der Waals surface area contributed by atoms with Crippen LogP contribution in [0.3, 0.4) is 0 Å². The van der Waals surface area contributed by atoms with Crippen molar-refractivity contribution in [3.8, 4) is 0 Å². The number of tetrazole rings is 1. The number of thioether (sulfide) groups is 1. The molecule has 8 heteroatoms. The summed E-state index contributed by atoms with van der Waals surface area (Å²) in [6, 6.07) is 0. The largest absolute Gasteiger partial charge is 0.229 e. The first kappa shape index (κ1) is 13.4. The smallest absolute Gasteiger partial charge is 0.209 e. The van der Waals surface area contributed by atoms with Crippen LogP contribution < -0.4 is 0 Å². The van der Waals surface area contributed by atoms with E-state index in [0.717, 1.165) is 6.54 Å². The molecule has 1 rings (SSSR count). The van der Waals surface area contributed by atoms with E-state index >= 15 is 0 Å². The summed E-state index contributed by atoms with van der Waals surface area (Å²) in [4.78, 5) is 0. The highest BCUT2D eigenvalue weighted by atomic mass is 32.2. The highest BCUT2D eigenvalue weighted by Crippen LogP contribution is 2.14. The van der Waals surface area contributed by atoms with Gasteiger partial charge in [-0.2, -0.15) is 0 Å². The van der Waals surface area contributed by atoms with E-state index in [1.54, 1.807) is 4.68 Å². The molecule has 0 N–H and O–H groups in total. The Labute approximate surface area is 99.7 Å². The maximum absolute atomic E-state index is 11.0. The van der Waals surface area contributed by atoms with Gasteiger partial charge in [-0.1, -0.05) is 25.6 Å².